The molecule has 2 rings (SSSR count). The number of aromatic hydroxyl groups is 1. The van der Waals surface area contributed by atoms with Crippen LogP contribution in [0.3, 0.4) is 0 Å². The van der Waals surface area contributed by atoms with Crippen LogP contribution in [-0.4, -0.2) is 33.6 Å². The summed E-state index contributed by atoms with van der Waals surface area (Å²) in [5.74, 6) is 0.115. The molecule has 0 fully saturated rings. The van der Waals surface area contributed by atoms with Crippen LogP contribution in [0.15, 0.2) is 29.4 Å². The third kappa shape index (κ3) is 1.71. The number of phenols is 1. The molecule has 1 amide bonds. The molecule has 84 valence electrons. The first-order valence-electron chi connectivity index (χ1n) is 4.97. The van der Waals surface area contributed by atoms with E-state index in [0.717, 1.165) is 5.01 Å². The maximum Gasteiger partial charge on any atom is 0.427 e. The van der Waals surface area contributed by atoms with E-state index in [1.54, 1.807) is 24.3 Å². The fourth-order valence-corrected chi connectivity index (χ4v) is 1.75. The zero-order chi connectivity index (χ0) is 11.7. The number of hydrazone groups is 1. The van der Waals surface area contributed by atoms with Gasteiger partial charge in [0.25, 0.3) is 0 Å². The van der Waals surface area contributed by atoms with E-state index in [-0.39, 0.29) is 11.7 Å². The van der Waals surface area contributed by atoms with E-state index in [2.05, 4.69) is 5.10 Å². The van der Waals surface area contributed by atoms with Gasteiger partial charge in [0.2, 0.25) is 0 Å². The van der Waals surface area contributed by atoms with Gasteiger partial charge in [0, 0.05) is 11.5 Å². The molecule has 0 spiro atoms. The molecule has 1 aliphatic rings. The number of para-hydroxylation sites is 1. The maximum atomic E-state index is 10.8. The Morgan fingerprint density at radius 3 is 2.75 bits per heavy atom. The number of phenolic OH excluding ortho intramolecular Hbond substituents is 1. The van der Waals surface area contributed by atoms with Gasteiger partial charge >= 0.3 is 6.09 Å². The molecule has 0 bridgehead atoms. The number of nitrogens with zero attached hydrogens (tertiary/aromatic N) is 2. The molecule has 2 N–H and O–H groups in total. The van der Waals surface area contributed by atoms with Gasteiger partial charge in [0.05, 0.1) is 12.3 Å². The lowest BCUT2D eigenvalue weighted by molar-refractivity contribution is 0.149. The Morgan fingerprint density at radius 2 is 2.19 bits per heavy atom. The minimum Gasteiger partial charge on any atom is -0.507 e. The van der Waals surface area contributed by atoms with E-state index < -0.39 is 6.09 Å². The Hall–Kier alpha value is -2.04. The smallest absolute Gasteiger partial charge is 0.427 e. The molecular formula is C11H12N2O3. The zero-order valence-corrected chi connectivity index (χ0v) is 8.79. The molecule has 16 heavy (non-hydrogen) atoms. The van der Waals surface area contributed by atoms with Crippen molar-refractivity contribution >= 4 is 11.8 Å². The Morgan fingerprint density at radius 1 is 1.50 bits per heavy atom. The highest BCUT2D eigenvalue weighted by Crippen LogP contribution is 2.25. The van der Waals surface area contributed by atoms with E-state index in [9.17, 15) is 9.90 Å². The molecular weight excluding hydrogens is 208 g/mol. The predicted molar refractivity (Wildman–Crippen MR) is 58.5 cm³/mol. The highest BCUT2D eigenvalue weighted by atomic mass is 16.4. The maximum absolute atomic E-state index is 10.8. The molecule has 0 aliphatic carbocycles. The summed E-state index contributed by atoms with van der Waals surface area (Å²) in [5.41, 5.74) is 1.21. The molecule has 1 atom stereocenters. The van der Waals surface area contributed by atoms with Crippen LogP contribution in [0.2, 0.25) is 0 Å². The van der Waals surface area contributed by atoms with Crippen LogP contribution >= 0.6 is 0 Å². The molecule has 1 aliphatic heterocycles. The Balaban J connectivity index is 2.38. The molecule has 1 heterocycles. The van der Waals surface area contributed by atoms with Crippen molar-refractivity contribution in [3.05, 3.63) is 29.8 Å². The normalized spacial score (nSPS) is 19.7. The van der Waals surface area contributed by atoms with Gasteiger partial charge in [-0.2, -0.15) is 10.1 Å². The van der Waals surface area contributed by atoms with Crippen molar-refractivity contribution in [3.63, 3.8) is 0 Å². The fraction of sp³-hybridized carbons (Fsp3) is 0.273. The first-order chi connectivity index (χ1) is 7.59. The third-order valence-electron chi connectivity index (χ3n) is 2.54. The van der Waals surface area contributed by atoms with Gasteiger partial charge in [-0.3, -0.25) is 0 Å². The molecule has 0 unspecified atom stereocenters. The van der Waals surface area contributed by atoms with Crippen LogP contribution in [0.5, 0.6) is 5.75 Å². The molecule has 0 saturated heterocycles. The summed E-state index contributed by atoms with van der Waals surface area (Å²) in [7, 11) is 0. The van der Waals surface area contributed by atoms with Crippen molar-refractivity contribution < 1.29 is 15.0 Å². The number of carboxylic acid groups (broad SMARTS) is 1. The van der Waals surface area contributed by atoms with Crippen LogP contribution in [0.25, 0.3) is 0 Å². The Kier molecular flexibility index (Phi) is 2.52. The van der Waals surface area contributed by atoms with Crippen molar-refractivity contribution in [1.29, 1.82) is 0 Å². The second-order valence-corrected chi connectivity index (χ2v) is 3.77. The monoisotopic (exact) mass is 220 g/mol. The molecule has 5 nitrogen and oxygen atoms in total. The lowest BCUT2D eigenvalue weighted by Gasteiger charge is -2.07. The summed E-state index contributed by atoms with van der Waals surface area (Å²) in [4.78, 5) is 10.8. The van der Waals surface area contributed by atoms with Crippen LogP contribution in [0.1, 0.15) is 12.5 Å². The van der Waals surface area contributed by atoms with Crippen LogP contribution in [0, 0.1) is 5.92 Å². The quantitative estimate of drug-likeness (QED) is 0.756. The molecule has 5 heteroatoms. The topological polar surface area (TPSA) is 73.1 Å². The lowest BCUT2D eigenvalue weighted by Crippen LogP contribution is -2.23. The Bertz CT molecular complexity index is 456. The van der Waals surface area contributed by atoms with E-state index in [4.69, 9.17) is 5.11 Å². The second-order valence-electron chi connectivity index (χ2n) is 3.77. The highest BCUT2D eigenvalue weighted by Gasteiger charge is 2.28. The van der Waals surface area contributed by atoms with E-state index in [1.165, 1.54) is 0 Å². The summed E-state index contributed by atoms with van der Waals surface area (Å²) in [6, 6.07) is 6.80. The van der Waals surface area contributed by atoms with E-state index in [0.29, 0.717) is 17.8 Å². The van der Waals surface area contributed by atoms with Gasteiger partial charge in [-0.1, -0.05) is 19.1 Å². The first-order valence-corrected chi connectivity index (χ1v) is 4.97. The van der Waals surface area contributed by atoms with Gasteiger partial charge in [-0.05, 0) is 12.1 Å². The van der Waals surface area contributed by atoms with Gasteiger partial charge in [0.15, 0.2) is 0 Å². The summed E-state index contributed by atoms with van der Waals surface area (Å²) in [6.07, 6.45) is -1.07. The van der Waals surface area contributed by atoms with E-state index >= 15 is 0 Å². The number of hydrogen-bond acceptors (Lipinski definition) is 3. The van der Waals surface area contributed by atoms with E-state index in [1.807, 2.05) is 6.92 Å². The minimum atomic E-state index is -1.07. The zero-order valence-electron chi connectivity index (χ0n) is 8.79. The summed E-state index contributed by atoms with van der Waals surface area (Å²) >= 11 is 0. The standard InChI is InChI=1S/C11H12N2O3/c1-7-6-13(11(15)16)12-10(7)8-4-2-3-5-9(8)14/h2-5,7,14H,6H2,1H3,(H,15,16)/t7-/m0/s1. The summed E-state index contributed by atoms with van der Waals surface area (Å²) in [6.45, 7) is 2.22. The van der Waals surface area contributed by atoms with Gasteiger partial charge in [0.1, 0.15) is 5.75 Å². The number of carbonyl (C=O) groups is 1. The molecule has 0 saturated carbocycles. The number of hydrogen-bond donors (Lipinski definition) is 2. The van der Waals surface area contributed by atoms with Crippen molar-refractivity contribution in [2.24, 2.45) is 11.0 Å². The lowest BCUT2D eigenvalue weighted by atomic mass is 9.99. The number of amides is 1. The summed E-state index contributed by atoms with van der Waals surface area (Å²) in [5, 5.41) is 23.5. The average Bonchev–Trinajstić information content (AvgIpc) is 2.61. The van der Waals surface area contributed by atoms with Crippen molar-refractivity contribution in [1.82, 2.24) is 5.01 Å². The summed E-state index contributed by atoms with van der Waals surface area (Å²) < 4.78 is 0. The van der Waals surface area contributed by atoms with Gasteiger partial charge < -0.3 is 10.2 Å². The molecule has 1 aromatic carbocycles. The van der Waals surface area contributed by atoms with Crippen molar-refractivity contribution in [3.8, 4) is 5.75 Å². The van der Waals surface area contributed by atoms with Crippen molar-refractivity contribution in [2.45, 2.75) is 6.92 Å². The predicted octanol–water partition coefficient (Wildman–Crippen LogP) is 1.73. The first kappa shape index (κ1) is 10.5. The number of benzene rings is 1. The van der Waals surface area contributed by atoms with Crippen molar-refractivity contribution in [2.75, 3.05) is 6.54 Å². The average molecular weight is 220 g/mol. The Labute approximate surface area is 92.6 Å². The molecule has 0 radical (unpaired) electrons. The SMILES string of the molecule is C[C@H]1CN(C(=O)O)N=C1c1ccccc1O. The second kappa shape index (κ2) is 3.84. The minimum absolute atomic E-state index is 0.00981. The van der Waals surface area contributed by atoms with Crippen LogP contribution in [-0.2, 0) is 0 Å². The third-order valence-corrected chi connectivity index (χ3v) is 2.54. The van der Waals surface area contributed by atoms with Crippen LogP contribution < -0.4 is 0 Å². The number of rotatable bonds is 1. The molecule has 1 aromatic rings. The fourth-order valence-electron chi connectivity index (χ4n) is 1.75. The molecule has 0 aromatic heterocycles. The highest BCUT2D eigenvalue weighted by molar-refractivity contribution is 6.05. The largest absolute Gasteiger partial charge is 0.507 e. The van der Waals surface area contributed by atoms with Gasteiger partial charge in [-0.25, -0.2) is 4.79 Å². The van der Waals surface area contributed by atoms with Crippen LogP contribution in [0.4, 0.5) is 4.79 Å². The van der Waals surface area contributed by atoms with Gasteiger partial charge in [-0.15, -0.1) is 0 Å².